The lowest BCUT2D eigenvalue weighted by molar-refractivity contribution is 0.0163. The van der Waals surface area contributed by atoms with E-state index in [1.165, 1.54) is 0 Å². The molecule has 0 amide bonds. The van der Waals surface area contributed by atoms with Crippen molar-refractivity contribution in [1.82, 2.24) is 15.1 Å². The van der Waals surface area contributed by atoms with Gasteiger partial charge < -0.3 is 15.2 Å². The van der Waals surface area contributed by atoms with Crippen LogP contribution in [0.4, 0.5) is 0 Å². The van der Waals surface area contributed by atoms with Crippen molar-refractivity contribution in [1.29, 1.82) is 0 Å². The zero-order valence-corrected chi connectivity index (χ0v) is 10.8. The van der Waals surface area contributed by atoms with Crippen LogP contribution >= 0.6 is 0 Å². The van der Waals surface area contributed by atoms with E-state index >= 15 is 0 Å². The molecule has 2 aliphatic rings. The molecule has 2 N–H and O–H groups in total. The van der Waals surface area contributed by atoms with Gasteiger partial charge in [0.15, 0.2) is 0 Å². The van der Waals surface area contributed by atoms with Crippen molar-refractivity contribution in [2.75, 3.05) is 59.1 Å². The minimum Gasteiger partial charge on any atom is -0.395 e. The molecule has 0 radical (unpaired) electrons. The van der Waals surface area contributed by atoms with E-state index in [2.05, 4.69) is 22.0 Å². The molecular formula is C12H25N3O2. The molecule has 2 heterocycles. The predicted molar refractivity (Wildman–Crippen MR) is 67.2 cm³/mol. The molecule has 0 bridgehead atoms. The van der Waals surface area contributed by atoms with Crippen molar-refractivity contribution >= 4 is 0 Å². The van der Waals surface area contributed by atoms with Crippen LogP contribution in [0.15, 0.2) is 0 Å². The summed E-state index contributed by atoms with van der Waals surface area (Å²) in [5.41, 5.74) is 0. The van der Waals surface area contributed by atoms with Crippen molar-refractivity contribution in [2.24, 2.45) is 0 Å². The molecule has 2 atom stereocenters. The number of piperazine rings is 1. The first-order chi connectivity index (χ1) is 8.31. The Morgan fingerprint density at radius 1 is 1.24 bits per heavy atom. The lowest BCUT2D eigenvalue weighted by atomic mass is 10.1. The number of morpholine rings is 1. The van der Waals surface area contributed by atoms with E-state index in [0.717, 1.165) is 52.5 Å². The highest BCUT2D eigenvalue weighted by Gasteiger charge is 2.27. The van der Waals surface area contributed by atoms with Crippen molar-refractivity contribution in [3.8, 4) is 0 Å². The highest BCUT2D eigenvalue weighted by molar-refractivity contribution is 4.85. The van der Waals surface area contributed by atoms with Gasteiger partial charge in [0.2, 0.25) is 0 Å². The lowest BCUT2D eigenvalue weighted by Gasteiger charge is -2.41. The molecule has 17 heavy (non-hydrogen) atoms. The van der Waals surface area contributed by atoms with Crippen LogP contribution in [0.2, 0.25) is 0 Å². The van der Waals surface area contributed by atoms with Crippen LogP contribution in [-0.4, -0.2) is 86.1 Å². The maximum atomic E-state index is 9.40. The fourth-order valence-electron chi connectivity index (χ4n) is 2.71. The Labute approximate surface area is 104 Å². The van der Waals surface area contributed by atoms with Gasteiger partial charge in [-0.25, -0.2) is 0 Å². The van der Waals surface area contributed by atoms with Gasteiger partial charge in [0.05, 0.1) is 19.8 Å². The van der Waals surface area contributed by atoms with Crippen LogP contribution in [0.25, 0.3) is 0 Å². The van der Waals surface area contributed by atoms with Crippen molar-refractivity contribution in [3.05, 3.63) is 0 Å². The Bertz CT molecular complexity index is 222. The number of hydrogen-bond acceptors (Lipinski definition) is 5. The summed E-state index contributed by atoms with van der Waals surface area (Å²) < 4.78 is 5.35. The molecule has 2 unspecified atom stereocenters. The summed E-state index contributed by atoms with van der Waals surface area (Å²) in [7, 11) is 0. The quantitative estimate of drug-likeness (QED) is 0.661. The predicted octanol–water partition coefficient (Wildman–Crippen LogP) is -1.03. The van der Waals surface area contributed by atoms with E-state index in [1.807, 2.05) is 0 Å². The van der Waals surface area contributed by atoms with Crippen LogP contribution in [0.3, 0.4) is 0 Å². The summed E-state index contributed by atoms with van der Waals surface area (Å²) >= 11 is 0. The molecule has 2 saturated heterocycles. The molecule has 2 aliphatic heterocycles. The number of rotatable bonds is 4. The number of nitrogens with one attached hydrogen (secondary N) is 1. The van der Waals surface area contributed by atoms with E-state index in [1.54, 1.807) is 0 Å². The van der Waals surface area contributed by atoms with Gasteiger partial charge in [0.25, 0.3) is 0 Å². The molecular weight excluding hydrogens is 218 g/mol. The largest absolute Gasteiger partial charge is 0.395 e. The van der Waals surface area contributed by atoms with Crippen LogP contribution in [0.1, 0.15) is 6.92 Å². The van der Waals surface area contributed by atoms with Gasteiger partial charge in [-0.05, 0) is 6.92 Å². The van der Waals surface area contributed by atoms with E-state index in [4.69, 9.17) is 4.74 Å². The van der Waals surface area contributed by atoms with Crippen LogP contribution in [-0.2, 0) is 4.74 Å². The van der Waals surface area contributed by atoms with Crippen molar-refractivity contribution in [3.63, 3.8) is 0 Å². The maximum Gasteiger partial charge on any atom is 0.0599 e. The molecule has 0 saturated carbocycles. The zero-order chi connectivity index (χ0) is 12.1. The van der Waals surface area contributed by atoms with Crippen molar-refractivity contribution in [2.45, 2.75) is 19.0 Å². The lowest BCUT2D eigenvalue weighted by Crippen LogP contribution is -2.59. The second-order valence-corrected chi connectivity index (χ2v) is 5.04. The van der Waals surface area contributed by atoms with Crippen LogP contribution < -0.4 is 5.32 Å². The summed E-state index contributed by atoms with van der Waals surface area (Å²) in [6.45, 7) is 10.4. The Morgan fingerprint density at radius 3 is 2.71 bits per heavy atom. The summed E-state index contributed by atoms with van der Waals surface area (Å²) in [6, 6.07) is 0.793. The van der Waals surface area contributed by atoms with Gasteiger partial charge in [-0.3, -0.25) is 9.80 Å². The standard InChI is InChI=1S/C12H25N3O2/c1-11-8-13-9-12(10-16)15(11)3-2-14-4-6-17-7-5-14/h11-13,16H,2-10H2,1H3. The van der Waals surface area contributed by atoms with E-state index in [-0.39, 0.29) is 12.6 Å². The topological polar surface area (TPSA) is 48.0 Å². The average Bonchev–Trinajstić information content (AvgIpc) is 2.38. The number of aliphatic hydroxyl groups is 1. The maximum absolute atomic E-state index is 9.40. The first-order valence-electron chi connectivity index (χ1n) is 6.68. The third-order valence-corrected chi connectivity index (χ3v) is 3.84. The Balaban J connectivity index is 1.78. The molecule has 2 rings (SSSR count). The Kier molecular flexibility index (Phi) is 5.18. The van der Waals surface area contributed by atoms with E-state index in [9.17, 15) is 5.11 Å². The number of aliphatic hydroxyl groups excluding tert-OH is 1. The molecule has 0 aliphatic carbocycles. The summed E-state index contributed by atoms with van der Waals surface area (Å²) in [5.74, 6) is 0. The van der Waals surface area contributed by atoms with Gasteiger partial charge >= 0.3 is 0 Å². The first-order valence-corrected chi connectivity index (χ1v) is 6.68. The van der Waals surface area contributed by atoms with E-state index in [0.29, 0.717) is 6.04 Å². The summed E-state index contributed by atoms with van der Waals surface area (Å²) in [5, 5.41) is 12.8. The van der Waals surface area contributed by atoms with Gasteiger partial charge in [-0.1, -0.05) is 0 Å². The van der Waals surface area contributed by atoms with Gasteiger partial charge in [-0.15, -0.1) is 0 Å². The van der Waals surface area contributed by atoms with Crippen LogP contribution in [0, 0.1) is 0 Å². The second-order valence-electron chi connectivity index (χ2n) is 5.04. The molecule has 5 nitrogen and oxygen atoms in total. The van der Waals surface area contributed by atoms with Gasteiger partial charge in [0, 0.05) is 51.4 Å². The highest BCUT2D eigenvalue weighted by Crippen LogP contribution is 2.10. The fraction of sp³-hybridized carbons (Fsp3) is 1.00. The summed E-state index contributed by atoms with van der Waals surface area (Å²) in [6.07, 6.45) is 0. The SMILES string of the molecule is CC1CNCC(CO)N1CCN1CCOCC1. The Hall–Kier alpha value is -0.200. The monoisotopic (exact) mass is 243 g/mol. The summed E-state index contributed by atoms with van der Waals surface area (Å²) in [4.78, 5) is 4.89. The average molecular weight is 243 g/mol. The van der Waals surface area contributed by atoms with Crippen LogP contribution in [0.5, 0.6) is 0 Å². The zero-order valence-electron chi connectivity index (χ0n) is 10.8. The second kappa shape index (κ2) is 6.66. The van der Waals surface area contributed by atoms with E-state index < -0.39 is 0 Å². The minimum absolute atomic E-state index is 0.250. The Morgan fingerprint density at radius 2 is 2.00 bits per heavy atom. The number of hydrogen-bond donors (Lipinski definition) is 2. The van der Waals surface area contributed by atoms with Crippen molar-refractivity contribution < 1.29 is 9.84 Å². The third kappa shape index (κ3) is 3.63. The van der Waals surface area contributed by atoms with Gasteiger partial charge in [0.1, 0.15) is 0 Å². The molecule has 0 aromatic carbocycles. The number of nitrogens with zero attached hydrogens (tertiary/aromatic N) is 2. The fourth-order valence-corrected chi connectivity index (χ4v) is 2.71. The molecule has 0 spiro atoms. The third-order valence-electron chi connectivity index (χ3n) is 3.84. The molecule has 0 aromatic heterocycles. The molecule has 100 valence electrons. The first kappa shape index (κ1) is 13.2. The smallest absolute Gasteiger partial charge is 0.0599 e. The normalized spacial score (nSPS) is 32.8. The van der Waals surface area contributed by atoms with Gasteiger partial charge in [-0.2, -0.15) is 0 Å². The number of ether oxygens (including phenoxy) is 1. The molecule has 2 fully saturated rings. The molecule has 5 heteroatoms. The minimum atomic E-state index is 0.250. The highest BCUT2D eigenvalue weighted by atomic mass is 16.5. The molecule has 0 aromatic rings.